The average Bonchev–Trinajstić information content (AvgIpc) is 2.67. The molecule has 6 nitrogen and oxygen atoms in total. The van der Waals surface area contributed by atoms with Crippen molar-refractivity contribution in [3.05, 3.63) is 57.1 Å². The van der Waals surface area contributed by atoms with Crippen LogP contribution in [0, 0.1) is 0 Å². The van der Waals surface area contributed by atoms with Crippen LogP contribution in [0.1, 0.15) is 11.4 Å². The Balaban J connectivity index is 2.07. The predicted molar refractivity (Wildman–Crippen MR) is 107 cm³/mol. The highest BCUT2D eigenvalue weighted by Gasteiger charge is 2.18. The zero-order valence-electron chi connectivity index (χ0n) is 15.1. The van der Waals surface area contributed by atoms with E-state index in [1.807, 2.05) is 0 Å². The summed E-state index contributed by atoms with van der Waals surface area (Å²) in [6.45, 7) is -3.05. The van der Waals surface area contributed by atoms with E-state index in [9.17, 15) is 13.6 Å². The van der Waals surface area contributed by atoms with Gasteiger partial charge in [0.1, 0.15) is 0 Å². The Morgan fingerprint density at radius 3 is 2.41 bits per heavy atom. The first kappa shape index (κ1) is 20.9. The molecule has 0 aliphatic carbocycles. The minimum Gasteiger partial charge on any atom is -0.493 e. The van der Waals surface area contributed by atoms with E-state index in [0.717, 1.165) is 0 Å². The molecule has 1 aromatic heterocycles. The van der Waals surface area contributed by atoms with Gasteiger partial charge >= 0.3 is 6.61 Å². The van der Waals surface area contributed by atoms with Crippen molar-refractivity contribution in [1.82, 2.24) is 9.97 Å². The summed E-state index contributed by atoms with van der Waals surface area (Å²) in [4.78, 5) is 19.2. The first-order valence-electron chi connectivity index (χ1n) is 8.10. The monoisotopic (exact) mass is 442 g/mol. The number of ether oxygens (including phenoxy) is 3. The van der Waals surface area contributed by atoms with Crippen molar-refractivity contribution in [2.45, 2.75) is 6.61 Å². The van der Waals surface area contributed by atoms with Crippen molar-refractivity contribution in [3.63, 3.8) is 0 Å². The molecule has 29 heavy (non-hydrogen) atoms. The van der Waals surface area contributed by atoms with Gasteiger partial charge in [-0.25, -0.2) is 4.98 Å². The molecular formula is C19H14Cl2F2N2O4. The Kier molecular flexibility index (Phi) is 6.24. The van der Waals surface area contributed by atoms with Crippen molar-refractivity contribution in [2.75, 3.05) is 14.2 Å². The van der Waals surface area contributed by atoms with E-state index in [2.05, 4.69) is 14.7 Å². The highest BCUT2D eigenvalue weighted by Crippen LogP contribution is 2.40. The smallest absolute Gasteiger partial charge is 0.387 e. The van der Waals surface area contributed by atoms with Gasteiger partial charge in [-0.15, -0.1) is 0 Å². The maximum atomic E-state index is 12.7. The first-order valence-corrected chi connectivity index (χ1v) is 8.86. The summed E-state index contributed by atoms with van der Waals surface area (Å²) in [6, 6.07) is 7.54. The highest BCUT2D eigenvalue weighted by atomic mass is 35.5. The molecule has 0 atom stereocenters. The van der Waals surface area contributed by atoms with E-state index in [0.29, 0.717) is 21.5 Å². The Hall–Kier alpha value is -2.84. The molecule has 0 amide bonds. The van der Waals surface area contributed by atoms with E-state index in [1.54, 1.807) is 18.2 Å². The van der Waals surface area contributed by atoms with Crippen LogP contribution < -0.4 is 19.8 Å². The number of halogens is 4. The van der Waals surface area contributed by atoms with Gasteiger partial charge in [0, 0.05) is 5.02 Å². The van der Waals surface area contributed by atoms with Crippen LogP contribution in [-0.2, 0) is 0 Å². The molecule has 0 aliphatic heterocycles. The van der Waals surface area contributed by atoms with Crippen LogP contribution in [0.3, 0.4) is 0 Å². The van der Waals surface area contributed by atoms with Crippen LogP contribution in [0.2, 0.25) is 5.02 Å². The van der Waals surface area contributed by atoms with Crippen LogP contribution in [0.4, 0.5) is 8.78 Å². The van der Waals surface area contributed by atoms with Crippen molar-refractivity contribution >= 4 is 45.2 Å². The average molecular weight is 443 g/mol. The molecule has 0 saturated carbocycles. The second-order valence-corrected chi connectivity index (χ2v) is 6.54. The third kappa shape index (κ3) is 4.60. The van der Waals surface area contributed by atoms with Gasteiger partial charge in [-0.1, -0.05) is 23.2 Å². The van der Waals surface area contributed by atoms with Crippen LogP contribution in [-0.4, -0.2) is 30.8 Å². The molecule has 152 valence electrons. The van der Waals surface area contributed by atoms with E-state index < -0.39 is 6.61 Å². The lowest BCUT2D eigenvalue weighted by Gasteiger charge is -2.14. The molecule has 3 rings (SSSR count). The van der Waals surface area contributed by atoms with Crippen LogP contribution in [0.15, 0.2) is 35.1 Å². The molecule has 1 N–H and O–H groups in total. The number of alkyl halides is 2. The normalized spacial score (nSPS) is 11.8. The second-order valence-electron chi connectivity index (χ2n) is 5.70. The molecule has 1 heterocycles. The molecule has 0 fully saturated rings. The summed E-state index contributed by atoms with van der Waals surface area (Å²) in [5, 5.41) is 0.876. The van der Waals surface area contributed by atoms with E-state index in [-0.39, 0.29) is 33.7 Å². The molecular weight excluding hydrogens is 429 g/mol. The summed E-state index contributed by atoms with van der Waals surface area (Å²) in [7, 11) is 2.60. The second kappa shape index (κ2) is 8.67. The number of rotatable bonds is 6. The van der Waals surface area contributed by atoms with Gasteiger partial charge in [0.05, 0.1) is 30.2 Å². The van der Waals surface area contributed by atoms with Gasteiger partial charge in [0.25, 0.3) is 5.56 Å². The largest absolute Gasteiger partial charge is 0.493 e. The number of hydrogen-bond donors (Lipinski definition) is 1. The summed E-state index contributed by atoms with van der Waals surface area (Å²) in [6.07, 6.45) is 1.47. The zero-order valence-corrected chi connectivity index (χ0v) is 16.6. The molecule has 0 radical (unpaired) electrons. The predicted octanol–water partition coefficient (Wildman–Crippen LogP) is 4.93. The van der Waals surface area contributed by atoms with Crippen molar-refractivity contribution in [1.29, 1.82) is 0 Å². The van der Waals surface area contributed by atoms with Gasteiger partial charge in [-0.3, -0.25) is 4.79 Å². The fourth-order valence-corrected chi connectivity index (χ4v) is 3.01. The number of H-pyrrole nitrogens is 1. The van der Waals surface area contributed by atoms with E-state index >= 15 is 0 Å². The lowest BCUT2D eigenvalue weighted by molar-refractivity contribution is -0.0526. The summed E-state index contributed by atoms with van der Waals surface area (Å²) >= 11 is 12.3. The fourth-order valence-electron chi connectivity index (χ4n) is 2.63. The maximum absolute atomic E-state index is 12.7. The number of fused-ring (bicyclic) bond motifs is 1. The minimum absolute atomic E-state index is 0.0205. The zero-order chi connectivity index (χ0) is 21.1. The summed E-state index contributed by atoms with van der Waals surface area (Å²) < 4.78 is 40.0. The topological polar surface area (TPSA) is 73.4 Å². The van der Waals surface area contributed by atoms with Crippen LogP contribution in [0.25, 0.3) is 22.0 Å². The Bertz CT molecular complexity index is 1120. The summed E-state index contributed by atoms with van der Waals surface area (Å²) in [5.74, 6) is -0.0957. The van der Waals surface area contributed by atoms with Gasteiger partial charge in [-0.2, -0.15) is 8.78 Å². The third-order valence-corrected chi connectivity index (χ3v) is 4.40. The van der Waals surface area contributed by atoms with Gasteiger partial charge in [0.2, 0.25) is 5.75 Å². The molecule has 0 spiro atoms. The molecule has 2 aromatic carbocycles. The molecule has 0 saturated heterocycles. The molecule has 10 heteroatoms. The van der Waals surface area contributed by atoms with Crippen LogP contribution >= 0.6 is 23.2 Å². The van der Waals surface area contributed by atoms with Crippen LogP contribution in [0.5, 0.6) is 17.2 Å². The SMILES string of the molecule is COc1cc(/C=C(\Cl)c2nc3cc(Cl)ccc3c(=O)[nH]2)cc(OC)c1OC(F)F. The van der Waals surface area contributed by atoms with E-state index in [1.165, 1.54) is 32.4 Å². The quantitative estimate of drug-likeness (QED) is 0.585. The Morgan fingerprint density at radius 2 is 1.83 bits per heavy atom. The van der Waals surface area contributed by atoms with Gasteiger partial charge in [-0.05, 0) is 42.0 Å². The lowest BCUT2D eigenvalue weighted by atomic mass is 10.1. The molecule has 0 aliphatic rings. The maximum Gasteiger partial charge on any atom is 0.387 e. The highest BCUT2D eigenvalue weighted by molar-refractivity contribution is 6.50. The van der Waals surface area contributed by atoms with Gasteiger partial charge < -0.3 is 19.2 Å². The standard InChI is InChI=1S/C19H14Cl2F2N2O4/c1-27-14-6-9(7-15(28-2)16(14)29-19(22)23)5-12(21)17-24-13-8-10(20)3-4-11(13)18(26)25-17/h3-8,19H,1-2H3,(H,24,25,26)/b12-5-. The van der Waals surface area contributed by atoms with E-state index in [4.69, 9.17) is 32.7 Å². The number of aromatic amines is 1. The van der Waals surface area contributed by atoms with Crippen molar-refractivity contribution < 1.29 is 23.0 Å². The minimum atomic E-state index is -3.05. The molecule has 0 bridgehead atoms. The number of hydrogen-bond acceptors (Lipinski definition) is 5. The van der Waals surface area contributed by atoms with Crippen molar-refractivity contribution in [2.24, 2.45) is 0 Å². The number of benzene rings is 2. The number of methoxy groups -OCH3 is 2. The fraction of sp³-hybridized carbons (Fsp3) is 0.158. The lowest BCUT2D eigenvalue weighted by Crippen LogP contribution is -2.10. The summed E-state index contributed by atoms with van der Waals surface area (Å²) in [5.41, 5.74) is 0.432. The van der Waals surface area contributed by atoms with Crippen molar-refractivity contribution in [3.8, 4) is 17.2 Å². The third-order valence-electron chi connectivity index (χ3n) is 3.88. The Morgan fingerprint density at radius 1 is 1.17 bits per heavy atom. The number of nitrogens with zero attached hydrogens (tertiary/aromatic N) is 1. The number of nitrogens with one attached hydrogen (secondary N) is 1. The Labute approximate surface area is 173 Å². The number of aromatic nitrogens is 2. The first-order chi connectivity index (χ1) is 13.8. The van der Waals surface area contributed by atoms with Gasteiger partial charge in [0.15, 0.2) is 17.3 Å². The molecule has 3 aromatic rings. The molecule has 0 unspecified atom stereocenters.